The molecule has 0 fully saturated rings. The third kappa shape index (κ3) is 7.60. The van der Waals surface area contributed by atoms with Crippen molar-refractivity contribution in [3.8, 4) is 33.4 Å². The normalized spacial score (nSPS) is 12.6. The Morgan fingerprint density at radius 1 is 0.313 bits per heavy atom. The Morgan fingerprint density at radius 2 is 0.657 bits per heavy atom. The van der Waals surface area contributed by atoms with Gasteiger partial charge >= 0.3 is 0 Å². The molecule has 0 saturated carbocycles. The van der Waals surface area contributed by atoms with Gasteiger partial charge in [0.05, 0.1) is 0 Å². The first-order chi connectivity index (χ1) is 33.1. The molecule has 67 heavy (non-hydrogen) atoms. The van der Waals surface area contributed by atoms with E-state index in [1.54, 1.807) is 0 Å². The Balaban J connectivity index is 0.000000165. The van der Waals surface area contributed by atoms with Crippen LogP contribution in [0.1, 0.15) is 16.7 Å². The minimum Gasteiger partial charge on any atom is -0.109 e. The SMILES string of the molecule is CP(C)Cc1ccc2ccccc2c1-c1cccc2ccccc12.c1ccc2c(-c3c(P4Cc5ccc6ccccc6c5-c5c(ccc6ccccc56)C4)ccc4ccccc34)cccc2c1. The van der Waals surface area contributed by atoms with Crippen molar-refractivity contribution in [2.45, 2.75) is 18.5 Å². The zero-order valence-electron chi connectivity index (χ0n) is 38.0. The molecule has 0 saturated heterocycles. The highest BCUT2D eigenvalue weighted by Crippen LogP contribution is 2.54. The lowest BCUT2D eigenvalue weighted by atomic mass is 9.88. The maximum absolute atomic E-state index is 2.46. The second-order valence-electron chi connectivity index (χ2n) is 18.3. The van der Waals surface area contributed by atoms with Gasteiger partial charge in [-0.15, -0.1) is 7.92 Å². The van der Waals surface area contributed by atoms with Gasteiger partial charge in [-0.3, -0.25) is 0 Å². The molecule has 0 radical (unpaired) electrons. The maximum atomic E-state index is 2.46. The Labute approximate surface area is 396 Å². The fourth-order valence-electron chi connectivity index (χ4n) is 10.9. The van der Waals surface area contributed by atoms with Crippen molar-refractivity contribution in [2.75, 3.05) is 13.3 Å². The molecular formula is C65H50P2. The second kappa shape index (κ2) is 17.7. The van der Waals surface area contributed by atoms with Crippen molar-refractivity contribution in [1.82, 2.24) is 0 Å². The standard InChI is InChI=1S/C42H29P.C23H21P/c1-5-15-34-28(10-1)14-9-19-38(34)42-37-18-8-4-13-31(37)24-25-39(42)43-26-32-22-20-29-11-2-6-16-35(29)40(32)41-33(27-43)23-21-30-12-3-7-17-36(30)41;1-24(2)16-19-15-14-18-9-4-6-12-21(18)23(19)22-13-7-10-17-8-3-5-11-20(17)22/h1-25H,26-27H2;3-15H,16H2,1-2H3. The van der Waals surface area contributed by atoms with Crippen molar-refractivity contribution >= 4 is 85.8 Å². The second-order valence-corrected chi connectivity index (χ2v) is 23.0. The monoisotopic (exact) mass is 892 g/mol. The lowest BCUT2D eigenvalue weighted by molar-refractivity contribution is 1.40. The van der Waals surface area contributed by atoms with Gasteiger partial charge in [0.1, 0.15) is 0 Å². The third-order valence-electron chi connectivity index (χ3n) is 13.9. The zero-order chi connectivity index (χ0) is 44.8. The molecule has 12 aromatic rings. The summed E-state index contributed by atoms with van der Waals surface area (Å²) in [6, 6.07) is 85.6. The fraction of sp³-hybridized carbons (Fsp3) is 0.0769. The number of hydrogen-bond donors (Lipinski definition) is 0. The number of benzene rings is 12. The first-order valence-corrected chi connectivity index (χ1v) is 27.6. The lowest BCUT2D eigenvalue weighted by Gasteiger charge is -2.23. The van der Waals surface area contributed by atoms with Gasteiger partial charge in [-0.25, -0.2) is 0 Å². The largest absolute Gasteiger partial charge is 0.109 e. The quantitative estimate of drug-likeness (QED) is 0.151. The summed E-state index contributed by atoms with van der Waals surface area (Å²) in [4.78, 5) is 0. The number of rotatable bonds is 5. The van der Waals surface area contributed by atoms with E-state index in [1.807, 2.05) is 0 Å². The van der Waals surface area contributed by atoms with Gasteiger partial charge < -0.3 is 0 Å². The molecule has 0 unspecified atom stereocenters. The zero-order valence-corrected chi connectivity index (χ0v) is 39.7. The van der Waals surface area contributed by atoms with Crippen LogP contribution in [0.15, 0.2) is 231 Å². The van der Waals surface area contributed by atoms with Crippen LogP contribution >= 0.6 is 15.8 Å². The van der Waals surface area contributed by atoms with E-state index in [9.17, 15) is 0 Å². The van der Waals surface area contributed by atoms with Crippen LogP contribution in [0.4, 0.5) is 0 Å². The van der Waals surface area contributed by atoms with Crippen LogP contribution in [0, 0.1) is 0 Å². The molecule has 0 aliphatic carbocycles. The summed E-state index contributed by atoms with van der Waals surface area (Å²) in [5, 5.41) is 17.5. The van der Waals surface area contributed by atoms with Crippen LogP contribution in [0.3, 0.4) is 0 Å². The topological polar surface area (TPSA) is 0 Å². The van der Waals surface area contributed by atoms with Crippen molar-refractivity contribution in [2.24, 2.45) is 0 Å². The molecule has 12 aromatic carbocycles. The van der Waals surface area contributed by atoms with E-state index in [0.29, 0.717) is 0 Å². The summed E-state index contributed by atoms with van der Waals surface area (Å²) in [6.45, 7) is 4.72. The van der Waals surface area contributed by atoms with Crippen LogP contribution in [-0.4, -0.2) is 13.3 Å². The van der Waals surface area contributed by atoms with Gasteiger partial charge in [-0.2, -0.15) is 0 Å². The molecule has 0 spiro atoms. The van der Waals surface area contributed by atoms with Gasteiger partial charge in [0.25, 0.3) is 0 Å². The molecule has 1 heterocycles. The van der Waals surface area contributed by atoms with Gasteiger partial charge in [-0.05, 0) is 152 Å². The van der Waals surface area contributed by atoms with Crippen LogP contribution in [-0.2, 0) is 18.5 Å². The Hall–Kier alpha value is -6.94. The Kier molecular flexibility index (Phi) is 11.0. The van der Waals surface area contributed by atoms with Crippen LogP contribution in [0.5, 0.6) is 0 Å². The van der Waals surface area contributed by atoms with Gasteiger partial charge in [-0.1, -0.05) is 238 Å². The first kappa shape index (κ1) is 41.5. The van der Waals surface area contributed by atoms with Crippen molar-refractivity contribution in [3.63, 3.8) is 0 Å². The average molecular weight is 893 g/mol. The van der Waals surface area contributed by atoms with Crippen molar-refractivity contribution in [3.05, 3.63) is 247 Å². The third-order valence-corrected chi connectivity index (χ3v) is 17.3. The highest BCUT2D eigenvalue weighted by molar-refractivity contribution is 7.64. The van der Waals surface area contributed by atoms with E-state index in [-0.39, 0.29) is 7.92 Å². The molecule has 320 valence electrons. The molecule has 1 aliphatic rings. The van der Waals surface area contributed by atoms with Crippen LogP contribution in [0.25, 0.3) is 98.0 Å². The highest BCUT2D eigenvalue weighted by Gasteiger charge is 2.28. The summed E-state index contributed by atoms with van der Waals surface area (Å²) in [5.74, 6) is 0. The average Bonchev–Trinajstić information content (AvgIpc) is 3.56. The van der Waals surface area contributed by atoms with E-state index >= 15 is 0 Å². The smallest absolute Gasteiger partial charge is 0.00219 e. The minimum absolute atomic E-state index is 0.0181. The number of hydrogen-bond acceptors (Lipinski definition) is 0. The molecule has 2 heteroatoms. The van der Waals surface area contributed by atoms with Crippen LogP contribution in [0.2, 0.25) is 0 Å². The van der Waals surface area contributed by atoms with E-state index in [0.717, 1.165) is 12.3 Å². The van der Waals surface area contributed by atoms with E-state index in [2.05, 4.69) is 244 Å². The summed E-state index contributed by atoms with van der Waals surface area (Å²) >= 11 is 0. The molecular weight excluding hydrogens is 843 g/mol. The molecule has 13 rings (SSSR count). The van der Waals surface area contributed by atoms with Gasteiger partial charge in [0.2, 0.25) is 0 Å². The summed E-state index contributed by atoms with van der Waals surface area (Å²) in [5.41, 5.74) is 12.8. The summed E-state index contributed by atoms with van der Waals surface area (Å²) in [7, 11) is -0.532. The van der Waals surface area contributed by atoms with Crippen LogP contribution < -0.4 is 5.30 Å². The summed E-state index contributed by atoms with van der Waals surface area (Å²) in [6.07, 6.45) is 3.29. The van der Waals surface area contributed by atoms with E-state index in [1.165, 1.54) is 126 Å². The molecule has 0 bridgehead atoms. The van der Waals surface area contributed by atoms with E-state index in [4.69, 9.17) is 0 Å². The Bertz CT molecular complexity index is 3740. The van der Waals surface area contributed by atoms with Gasteiger partial charge in [0.15, 0.2) is 0 Å². The lowest BCUT2D eigenvalue weighted by Crippen LogP contribution is -2.09. The Morgan fingerprint density at radius 3 is 1.12 bits per heavy atom. The minimum atomic E-state index is -0.550. The maximum Gasteiger partial charge on any atom is -0.00219 e. The predicted molar refractivity (Wildman–Crippen MR) is 297 cm³/mol. The molecule has 1 aliphatic heterocycles. The first-order valence-electron chi connectivity index (χ1n) is 23.5. The molecule has 0 nitrogen and oxygen atoms in total. The summed E-state index contributed by atoms with van der Waals surface area (Å²) < 4.78 is 0. The molecule has 0 atom stereocenters. The molecule has 0 N–H and O–H groups in total. The fourth-order valence-corrected chi connectivity index (χ4v) is 14.5. The molecule has 0 amide bonds. The predicted octanol–water partition coefficient (Wildman–Crippen LogP) is 18.4. The van der Waals surface area contributed by atoms with E-state index < -0.39 is 7.92 Å². The van der Waals surface area contributed by atoms with Crippen molar-refractivity contribution in [1.29, 1.82) is 0 Å². The number of fused-ring (bicyclic) bond motifs is 11. The molecule has 0 aromatic heterocycles. The van der Waals surface area contributed by atoms with Gasteiger partial charge in [0, 0.05) is 0 Å². The highest BCUT2D eigenvalue weighted by atomic mass is 31.1. The van der Waals surface area contributed by atoms with Crippen molar-refractivity contribution < 1.29 is 0 Å².